The summed E-state index contributed by atoms with van der Waals surface area (Å²) in [7, 11) is 0. The van der Waals surface area contributed by atoms with E-state index in [9.17, 15) is 0 Å². The lowest BCUT2D eigenvalue weighted by molar-refractivity contribution is 0.605. The maximum absolute atomic E-state index is 6.38. The topological polar surface area (TPSA) is 16.4 Å². The van der Waals surface area contributed by atoms with Crippen molar-refractivity contribution in [3.63, 3.8) is 0 Å². The number of hydrogen-bond acceptors (Lipinski definition) is 2. The lowest BCUT2D eigenvalue weighted by Gasteiger charge is -2.37. The second-order valence-corrected chi connectivity index (χ2v) is 7.84. The summed E-state index contributed by atoms with van der Waals surface area (Å²) in [4.78, 5) is 2.63. The van der Waals surface area contributed by atoms with Crippen LogP contribution in [0.5, 0.6) is 0 Å². The van der Waals surface area contributed by atoms with Crippen molar-refractivity contribution in [1.82, 2.24) is 0 Å². The van der Waals surface area contributed by atoms with Crippen molar-refractivity contribution in [2.24, 2.45) is 0 Å². The van der Waals surface area contributed by atoms with E-state index in [0.29, 0.717) is 18.0 Å². The maximum Gasteiger partial charge on any atom is 0.158 e. The number of para-hydroxylation sites is 1. The van der Waals surface area contributed by atoms with Crippen molar-refractivity contribution in [3.05, 3.63) is 77.4 Å². The molecule has 2 heterocycles. The number of aryl methyl sites for hydroxylation is 1. The van der Waals surface area contributed by atoms with Crippen LogP contribution in [0.15, 0.2) is 65.1 Å². The Morgan fingerprint density at radius 1 is 0.885 bits per heavy atom. The maximum atomic E-state index is 6.38. The predicted octanol–water partition coefficient (Wildman–Crippen LogP) is 6.33. The molecule has 3 atom stereocenters. The smallest absolute Gasteiger partial charge is 0.158 e. The third-order valence-corrected chi connectivity index (χ3v) is 6.57. The summed E-state index contributed by atoms with van der Waals surface area (Å²) in [5, 5.41) is 2.44. The molecule has 3 aromatic carbocycles. The van der Waals surface area contributed by atoms with Crippen molar-refractivity contribution in [2.75, 3.05) is 4.90 Å². The largest absolute Gasteiger partial charge is 0.454 e. The highest BCUT2D eigenvalue weighted by Gasteiger charge is 2.48. The highest BCUT2D eigenvalue weighted by atomic mass is 16.3. The fourth-order valence-corrected chi connectivity index (χ4v) is 5.40. The monoisotopic (exact) mass is 339 g/mol. The average Bonchev–Trinajstić information content (AvgIpc) is 3.32. The highest BCUT2D eigenvalue weighted by molar-refractivity contribution is 6.09. The van der Waals surface area contributed by atoms with Crippen molar-refractivity contribution < 1.29 is 4.42 Å². The van der Waals surface area contributed by atoms with Gasteiger partial charge in [0.2, 0.25) is 0 Å². The fraction of sp³-hybridized carbons (Fsp3) is 0.250. The number of anilines is 1. The van der Waals surface area contributed by atoms with Crippen LogP contribution in [0.1, 0.15) is 42.0 Å². The van der Waals surface area contributed by atoms with Crippen LogP contribution >= 0.6 is 0 Å². The molecule has 0 spiro atoms. The number of benzene rings is 3. The molecule has 6 rings (SSSR count). The summed E-state index contributed by atoms with van der Waals surface area (Å²) in [6, 6.07) is 22.8. The normalized spacial score (nSPS) is 23.9. The second-order valence-electron chi connectivity index (χ2n) is 7.84. The molecule has 4 aromatic rings. The van der Waals surface area contributed by atoms with E-state index >= 15 is 0 Å². The van der Waals surface area contributed by atoms with Crippen molar-refractivity contribution in [3.8, 4) is 0 Å². The molecule has 1 aliphatic heterocycles. The molecule has 2 bridgehead atoms. The van der Waals surface area contributed by atoms with Gasteiger partial charge in [-0.15, -0.1) is 0 Å². The number of rotatable bonds is 1. The molecule has 0 saturated carbocycles. The van der Waals surface area contributed by atoms with Gasteiger partial charge in [0, 0.05) is 22.7 Å². The van der Waals surface area contributed by atoms with Crippen LogP contribution in [-0.2, 0) is 0 Å². The molecule has 128 valence electrons. The van der Waals surface area contributed by atoms with E-state index in [1.807, 2.05) is 6.07 Å². The van der Waals surface area contributed by atoms with Gasteiger partial charge in [-0.2, -0.15) is 0 Å². The van der Waals surface area contributed by atoms with E-state index in [4.69, 9.17) is 4.42 Å². The molecule has 0 amide bonds. The molecule has 2 aliphatic rings. The van der Waals surface area contributed by atoms with E-state index in [2.05, 4.69) is 73.3 Å². The SMILES string of the molecule is Cc1ccc2c(oc3ccccc32)c1N1C2CC(c3ccccc32)C1C. The first-order valence-corrected chi connectivity index (χ1v) is 9.52. The molecule has 1 saturated heterocycles. The van der Waals surface area contributed by atoms with Crippen LogP contribution in [0.2, 0.25) is 0 Å². The Morgan fingerprint density at radius 2 is 1.65 bits per heavy atom. The number of hydrogen-bond donors (Lipinski definition) is 0. The van der Waals surface area contributed by atoms with Crippen molar-refractivity contribution in [2.45, 2.75) is 38.3 Å². The molecule has 0 N–H and O–H groups in total. The Kier molecular flexibility index (Phi) is 2.73. The zero-order valence-electron chi connectivity index (χ0n) is 15.1. The number of nitrogens with zero attached hydrogens (tertiary/aromatic N) is 1. The van der Waals surface area contributed by atoms with E-state index in [1.165, 1.54) is 34.0 Å². The second kappa shape index (κ2) is 4.91. The lowest BCUT2D eigenvalue weighted by Crippen LogP contribution is -2.35. The molecule has 1 fully saturated rings. The molecular weight excluding hydrogens is 318 g/mol. The van der Waals surface area contributed by atoms with E-state index < -0.39 is 0 Å². The first-order valence-electron chi connectivity index (χ1n) is 9.52. The first kappa shape index (κ1) is 14.4. The number of furan rings is 1. The Bertz CT molecular complexity index is 1170. The lowest BCUT2D eigenvalue weighted by atomic mass is 9.92. The Hall–Kier alpha value is -2.74. The number of fused-ring (bicyclic) bond motifs is 8. The summed E-state index contributed by atoms with van der Waals surface area (Å²) in [5.74, 6) is 0.621. The van der Waals surface area contributed by atoms with Gasteiger partial charge >= 0.3 is 0 Å². The summed E-state index contributed by atoms with van der Waals surface area (Å²) < 4.78 is 6.38. The summed E-state index contributed by atoms with van der Waals surface area (Å²) in [6.07, 6.45) is 1.22. The quantitative estimate of drug-likeness (QED) is 0.403. The van der Waals surface area contributed by atoms with Crippen LogP contribution in [0.4, 0.5) is 5.69 Å². The zero-order valence-corrected chi connectivity index (χ0v) is 15.1. The Morgan fingerprint density at radius 3 is 2.54 bits per heavy atom. The van der Waals surface area contributed by atoms with Gasteiger partial charge in [0.05, 0.1) is 11.7 Å². The minimum Gasteiger partial charge on any atom is -0.454 e. The summed E-state index contributed by atoms with van der Waals surface area (Å²) >= 11 is 0. The molecule has 1 aromatic heterocycles. The molecular formula is C24H21NO. The molecule has 26 heavy (non-hydrogen) atoms. The van der Waals surface area contributed by atoms with E-state index in [-0.39, 0.29) is 0 Å². The van der Waals surface area contributed by atoms with Gasteiger partial charge in [0.25, 0.3) is 0 Å². The van der Waals surface area contributed by atoms with Gasteiger partial charge in [-0.05, 0) is 43.0 Å². The molecule has 3 unspecified atom stereocenters. The minimum absolute atomic E-state index is 0.462. The Balaban J connectivity index is 1.63. The first-order chi connectivity index (χ1) is 12.7. The standard InChI is InChI=1S/C24H21NO/c1-14-11-12-19-18-9-5-6-10-22(18)26-24(19)23(14)25-15(2)20-13-21(25)17-8-4-3-7-16(17)20/h3-12,15,20-21H,13H2,1-2H3. The third-order valence-electron chi connectivity index (χ3n) is 6.57. The van der Waals surface area contributed by atoms with Crippen LogP contribution in [0, 0.1) is 6.92 Å². The van der Waals surface area contributed by atoms with Crippen LogP contribution in [0.25, 0.3) is 21.9 Å². The van der Waals surface area contributed by atoms with Crippen LogP contribution in [0.3, 0.4) is 0 Å². The van der Waals surface area contributed by atoms with Gasteiger partial charge in [-0.1, -0.05) is 54.6 Å². The van der Waals surface area contributed by atoms with Gasteiger partial charge < -0.3 is 9.32 Å². The zero-order chi connectivity index (χ0) is 17.4. The predicted molar refractivity (Wildman–Crippen MR) is 107 cm³/mol. The molecule has 2 nitrogen and oxygen atoms in total. The molecule has 2 heteroatoms. The van der Waals surface area contributed by atoms with E-state index in [1.54, 1.807) is 5.56 Å². The van der Waals surface area contributed by atoms with Gasteiger partial charge in [0.15, 0.2) is 5.58 Å². The third kappa shape index (κ3) is 1.67. The van der Waals surface area contributed by atoms with Gasteiger partial charge in [0.1, 0.15) is 5.58 Å². The van der Waals surface area contributed by atoms with Crippen molar-refractivity contribution >= 4 is 27.6 Å². The van der Waals surface area contributed by atoms with Crippen molar-refractivity contribution in [1.29, 1.82) is 0 Å². The molecule has 0 radical (unpaired) electrons. The van der Waals surface area contributed by atoms with Gasteiger partial charge in [-0.3, -0.25) is 0 Å². The highest BCUT2D eigenvalue weighted by Crippen LogP contribution is 2.56. The van der Waals surface area contributed by atoms with Gasteiger partial charge in [-0.25, -0.2) is 0 Å². The summed E-state index contributed by atoms with van der Waals surface area (Å²) in [5.41, 5.74) is 7.66. The average molecular weight is 339 g/mol. The molecule has 1 aliphatic carbocycles. The van der Waals surface area contributed by atoms with E-state index in [0.717, 1.165) is 11.2 Å². The Labute approximate surface area is 153 Å². The van der Waals surface area contributed by atoms with Crippen LogP contribution in [-0.4, -0.2) is 6.04 Å². The summed E-state index contributed by atoms with van der Waals surface area (Å²) in [6.45, 7) is 4.59. The van der Waals surface area contributed by atoms with Crippen LogP contribution < -0.4 is 4.90 Å². The minimum atomic E-state index is 0.462. The fourth-order valence-electron chi connectivity index (χ4n) is 5.40.